The minimum Gasteiger partial charge on any atom is -0.491 e. The van der Waals surface area contributed by atoms with E-state index in [1.807, 2.05) is 13.8 Å². The van der Waals surface area contributed by atoms with Crippen molar-refractivity contribution in [3.63, 3.8) is 0 Å². The molecule has 0 amide bonds. The van der Waals surface area contributed by atoms with Gasteiger partial charge >= 0.3 is 12.4 Å². The SMILES string of the molecule is CC(=O)C(C)Oc1ccc(Oc2ncc(Cl)cc2C(F)(F)F)cc1.CCC(C)Oc1ccc(Oc2ncc(C(F)(F)F)cc2Cl)cc1. The molecule has 0 radical (unpaired) electrons. The molecule has 47 heavy (non-hydrogen) atoms. The highest BCUT2D eigenvalue weighted by Gasteiger charge is 2.36. The topological polar surface area (TPSA) is 79.8 Å². The number of aromatic nitrogens is 2. The normalized spacial score (nSPS) is 12.7. The number of ketones is 1. The number of rotatable bonds is 10. The molecule has 4 aromatic rings. The van der Waals surface area contributed by atoms with Gasteiger partial charge in [-0.1, -0.05) is 30.1 Å². The number of nitrogens with zero attached hydrogens (tertiary/aromatic N) is 2. The molecule has 0 spiro atoms. The van der Waals surface area contributed by atoms with Gasteiger partial charge in [0.25, 0.3) is 0 Å². The van der Waals surface area contributed by atoms with Crippen molar-refractivity contribution in [2.75, 3.05) is 0 Å². The average molecular weight is 705 g/mol. The maximum Gasteiger partial charge on any atom is 0.421 e. The lowest BCUT2D eigenvalue weighted by atomic mass is 10.2. The number of benzene rings is 2. The molecular weight excluding hydrogens is 677 g/mol. The van der Waals surface area contributed by atoms with E-state index >= 15 is 0 Å². The Bertz CT molecular complexity index is 1640. The van der Waals surface area contributed by atoms with Crippen LogP contribution in [0.5, 0.6) is 34.8 Å². The van der Waals surface area contributed by atoms with Gasteiger partial charge < -0.3 is 18.9 Å². The van der Waals surface area contributed by atoms with Gasteiger partial charge in [-0.2, -0.15) is 26.3 Å². The van der Waals surface area contributed by atoms with Crippen LogP contribution in [0, 0.1) is 0 Å². The molecule has 0 aliphatic rings. The summed E-state index contributed by atoms with van der Waals surface area (Å²) in [7, 11) is 0. The Morgan fingerprint density at radius 1 is 0.745 bits per heavy atom. The minimum absolute atomic E-state index is 0.0877. The molecule has 2 atom stereocenters. The average Bonchev–Trinajstić information content (AvgIpc) is 3.00. The lowest BCUT2D eigenvalue weighted by Crippen LogP contribution is -2.20. The van der Waals surface area contributed by atoms with Crippen LogP contribution in [0.1, 0.15) is 45.2 Å². The van der Waals surface area contributed by atoms with E-state index < -0.39 is 35.5 Å². The maximum absolute atomic E-state index is 13.0. The summed E-state index contributed by atoms with van der Waals surface area (Å²) in [5.41, 5.74) is -1.99. The first-order valence-electron chi connectivity index (χ1n) is 13.8. The molecule has 0 aliphatic carbocycles. The largest absolute Gasteiger partial charge is 0.491 e. The van der Waals surface area contributed by atoms with Crippen LogP contribution in [0.2, 0.25) is 10.0 Å². The Morgan fingerprint density at radius 3 is 1.70 bits per heavy atom. The van der Waals surface area contributed by atoms with Gasteiger partial charge in [0.15, 0.2) is 11.9 Å². The smallest absolute Gasteiger partial charge is 0.421 e. The van der Waals surface area contributed by atoms with Crippen LogP contribution < -0.4 is 18.9 Å². The summed E-state index contributed by atoms with van der Waals surface area (Å²) in [5, 5.41) is -0.351. The van der Waals surface area contributed by atoms with Crippen LogP contribution in [0.15, 0.2) is 73.1 Å². The molecule has 4 rings (SSSR count). The zero-order valence-corrected chi connectivity index (χ0v) is 26.8. The van der Waals surface area contributed by atoms with Crippen molar-refractivity contribution in [1.29, 1.82) is 0 Å². The third-order valence-electron chi connectivity index (χ3n) is 6.13. The van der Waals surface area contributed by atoms with Crippen LogP contribution in [-0.4, -0.2) is 28.0 Å². The molecule has 2 aromatic carbocycles. The molecule has 0 saturated heterocycles. The quantitative estimate of drug-likeness (QED) is 0.152. The fourth-order valence-electron chi connectivity index (χ4n) is 3.37. The predicted molar refractivity (Wildman–Crippen MR) is 163 cm³/mol. The van der Waals surface area contributed by atoms with Gasteiger partial charge in [-0.3, -0.25) is 4.79 Å². The number of alkyl halides is 6. The highest BCUT2D eigenvalue weighted by atomic mass is 35.5. The van der Waals surface area contributed by atoms with Crippen molar-refractivity contribution in [3.05, 3.63) is 94.2 Å². The van der Waals surface area contributed by atoms with Crippen molar-refractivity contribution in [2.24, 2.45) is 0 Å². The molecule has 252 valence electrons. The van der Waals surface area contributed by atoms with Gasteiger partial charge in [-0.25, -0.2) is 9.97 Å². The maximum atomic E-state index is 13.0. The first-order valence-corrected chi connectivity index (χ1v) is 14.6. The number of halogens is 8. The Balaban J connectivity index is 0.000000256. The van der Waals surface area contributed by atoms with Crippen molar-refractivity contribution >= 4 is 29.0 Å². The van der Waals surface area contributed by atoms with Gasteiger partial charge in [0, 0.05) is 12.4 Å². The van der Waals surface area contributed by atoms with E-state index in [4.69, 9.17) is 42.1 Å². The second kappa shape index (κ2) is 16.1. The molecule has 0 aliphatic heterocycles. The molecule has 7 nitrogen and oxygen atoms in total. The number of carbonyl (C=O) groups is 1. The van der Waals surface area contributed by atoms with Gasteiger partial charge in [0.1, 0.15) is 33.6 Å². The molecule has 0 bridgehead atoms. The van der Waals surface area contributed by atoms with E-state index in [9.17, 15) is 31.1 Å². The molecule has 2 heterocycles. The number of Topliss-reactive ketones (excluding diaryl/α,β-unsaturated/α-hetero) is 1. The molecule has 0 fully saturated rings. The monoisotopic (exact) mass is 704 g/mol. The van der Waals surface area contributed by atoms with E-state index in [1.54, 1.807) is 31.2 Å². The van der Waals surface area contributed by atoms with Crippen LogP contribution in [0.3, 0.4) is 0 Å². The number of hydrogen-bond acceptors (Lipinski definition) is 7. The van der Waals surface area contributed by atoms with E-state index in [1.165, 1.54) is 31.2 Å². The Labute approximate surface area is 276 Å². The van der Waals surface area contributed by atoms with Crippen molar-refractivity contribution in [2.45, 2.75) is 58.7 Å². The molecule has 0 N–H and O–H groups in total. The Hall–Kier alpha value is -4.23. The van der Waals surface area contributed by atoms with Crippen LogP contribution in [0.4, 0.5) is 26.3 Å². The van der Waals surface area contributed by atoms with E-state index in [0.29, 0.717) is 23.4 Å². The molecule has 0 saturated carbocycles. The van der Waals surface area contributed by atoms with E-state index in [2.05, 4.69) is 9.97 Å². The van der Waals surface area contributed by atoms with Gasteiger partial charge in [-0.15, -0.1) is 0 Å². The van der Waals surface area contributed by atoms with Crippen LogP contribution in [0.25, 0.3) is 0 Å². The number of pyridine rings is 2. The molecule has 2 unspecified atom stereocenters. The lowest BCUT2D eigenvalue weighted by molar-refractivity contribution is -0.139. The third kappa shape index (κ3) is 11.5. The Morgan fingerprint density at radius 2 is 1.23 bits per heavy atom. The fourth-order valence-corrected chi connectivity index (χ4v) is 3.73. The van der Waals surface area contributed by atoms with E-state index in [0.717, 1.165) is 24.8 Å². The zero-order valence-electron chi connectivity index (χ0n) is 25.2. The fraction of sp³-hybridized carbons (Fsp3) is 0.281. The molecule has 15 heteroatoms. The molecular formula is C32H28Cl2F6N2O5. The lowest BCUT2D eigenvalue weighted by Gasteiger charge is -2.14. The van der Waals surface area contributed by atoms with Gasteiger partial charge in [0.2, 0.25) is 11.8 Å². The second-order valence-electron chi connectivity index (χ2n) is 9.87. The summed E-state index contributed by atoms with van der Waals surface area (Å²) >= 11 is 11.4. The summed E-state index contributed by atoms with van der Waals surface area (Å²) in [6, 6.07) is 14.0. The van der Waals surface area contributed by atoms with Crippen molar-refractivity contribution < 1.29 is 50.1 Å². The number of ether oxygens (including phenoxy) is 4. The summed E-state index contributed by atoms with van der Waals surface area (Å²) < 4.78 is 98.2. The minimum atomic E-state index is -4.65. The van der Waals surface area contributed by atoms with Crippen molar-refractivity contribution in [3.8, 4) is 34.8 Å². The predicted octanol–water partition coefficient (Wildman–Crippen LogP) is 10.6. The summed E-state index contributed by atoms with van der Waals surface area (Å²) in [4.78, 5) is 18.3. The zero-order chi connectivity index (χ0) is 34.9. The Kier molecular flexibility index (Phi) is 12.7. The van der Waals surface area contributed by atoms with Gasteiger partial charge in [0.05, 0.1) is 16.7 Å². The summed E-state index contributed by atoms with van der Waals surface area (Å²) in [6.07, 6.45) is -7.04. The second-order valence-corrected chi connectivity index (χ2v) is 10.7. The molecule has 2 aromatic heterocycles. The first-order chi connectivity index (χ1) is 22.0. The van der Waals surface area contributed by atoms with Crippen molar-refractivity contribution in [1.82, 2.24) is 9.97 Å². The standard InChI is InChI=1S/C16H13ClF3NO3.C16H15ClF3NO2/c1-9(22)10(2)23-12-3-5-13(6-4-12)24-15-14(16(18,19)20)7-11(17)8-21-15;1-3-10(2)22-12-4-6-13(7-5-12)23-15-14(17)8-11(9-21-15)16(18,19)20/h3-8,10H,1-2H3;4-10H,3H2,1-2H3. The number of carbonyl (C=O) groups excluding carboxylic acids is 1. The van der Waals surface area contributed by atoms with Crippen LogP contribution >= 0.6 is 23.2 Å². The number of hydrogen-bond donors (Lipinski definition) is 0. The highest BCUT2D eigenvalue weighted by Crippen LogP contribution is 2.38. The summed E-state index contributed by atoms with van der Waals surface area (Å²) in [6.45, 7) is 6.96. The highest BCUT2D eigenvalue weighted by molar-refractivity contribution is 6.32. The van der Waals surface area contributed by atoms with Crippen LogP contribution in [-0.2, 0) is 17.1 Å². The summed E-state index contributed by atoms with van der Waals surface area (Å²) in [5.74, 6) is 0.778. The van der Waals surface area contributed by atoms with E-state index in [-0.39, 0.29) is 33.6 Å². The third-order valence-corrected chi connectivity index (χ3v) is 6.61. The first kappa shape index (κ1) is 37.2. The van der Waals surface area contributed by atoms with Gasteiger partial charge in [-0.05, 0) is 87.9 Å².